The van der Waals surface area contributed by atoms with Gasteiger partial charge in [0, 0.05) is 24.2 Å². The van der Waals surface area contributed by atoms with Crippen molar-refractivity contribution >= 4 is 27.7 Å². The summed E-state index contributed by atoms with van der Waals surface area (Å²) in [5, 5.41) is 0. The van der Waals surface area contributed by atoms with Gasteiger partial charge in [-0.1, -0.05) is 18.2 Å². The Bertz CT molecular complexity index is 956. The lowest BCUT2D eigenvalue weighted by Crippen LogP contribution is -2.07. The second kappa shape index (κ2) is 4.82. The number of rotatable bonds is 3. The Morgan fingerprint density at radius 3 is 2.90 bits per heavy atom. The Labute approximate surface area is 123 Å². The van der Waals surface area contributed by atoms with E-state index in [0.717, 1.165) is 22.2 Å². The molecule has 3 heterocycles. The summed E-state index contributed by atoms with van der Waals surface area (Å²) >= 11 is 0. The van der Waals surface area contributed by atoms with E-state index in [4.69, 9.17) is 0 Å². The minimum absolute atomic E-state index is 0.404. The third-order valence-corrected chi connectivity index (χ3v) is 4.71. The number of aromatic nitrogens is 4. The molecule has 5 nitrogen and oxygen atoms in total. The van der Waals surface area contributed by atoms with E-state index < -0.39 is 11.0 Å². The van der Waals surface area contributed by atoms with Gasteiger partial charge in [0.2, 0.25) is 0 Å². The largest absolute Gasteiger partial charge is 0.307 e. The molecule has 0 aliphatic heterocycles. The average molecular weight is 296 g/mol. The molecule has 0 aliphatic carbocycles. The van der Waals surface area contributed by atoms with Crippen LogP contribution in [0.4, 0.5) is 0 Å². The van der Waals surface area contributed by atoms with Gasteiger partial charge in [-0.3, -0.25) is 0 Å². The molecular formula is C15H12N4OS. The summed E-state index contributed by atoms with van der Waals surface area (Å²) in [5.41, 5.74) is 3.53. The summed E-state index contributed by atoms with van der Waals surface area (Å²) in [6.07, 6.45) is 7.19. The van der Waals surface area contributed by atoms with Crippen LogP contribution in [0.25, 0.3) is 16.7 Å². The molecule has 6 heteroatoms. The van der Waals surface area contributed by atoms with Crippen LogP contribution in [0.1, 0.15) is 5.56 Å². The lowest BCUT2D eigenvalue weighted by atomic mass is 10.3. The molecule has 0 saturated carbocycles. The van der Waals surface area contributed by atoms with E-state index in [9.17, 15) is 4.21 Å². The van der Waals surface area contributed by atoms with E-state index in [1.54, 1.807) is 16.5 Å². The van der Waals surface area contributed by atoms with Crippen LogP contribution in [0.5, 0.6) is 0 Å². The Hall–Kier alpha value is -2.47. The first-order valence-corrected chi connectivity index (χ1v) is 7.82. The maximum absolute atomic E-state index is 12.7. The van der Waals surface area contributed by atoms with Crippen LogP contribution in [0.2, 0.25) is 0 Å². The molecular weight excluding hydrogens is 284 g/mol. The van der Waals surface area contributed by atoms with Crippen LogP contribution in [-0.2, 0) is 16.7 Å². The molecule has 3 aromatic heterocycles. The quantitative estimate of drug-likeness (QED) is 0.583. The summed E-state index contributed by atoms with van der Waals surface area (Å²) in [6, 6.07) is 11.6. The van der Waals surface area contributed by atoms with Gasteiger partial charge in [0.25, 0.3) is 0 Å². The predicted octanol–water partition coefficient (Wildman–Crippen LogP) is 2.40. The van der Waals surface area contributed by atoms with E-state index in [2.05, 4.69) is 9.97 Å². The van der Waals surface area contributed by atoms with Gasteiger partial charge in [-0.05, 0) is 18.2 Å². The SMILES string of the molecule is O=S(Cc1cccn2ccnc12)n1cnc2ccccc21. The van der Waals surface area contributed by atoms with Crippen LogP contribution < -0.4 is 0 Å². The van der Waals surface area contributed by atoms with Gasteiger partial charge in [0.1, 0.15) is 23.0 Å². The predicted molar refractivity (Wildman–Crippen MR) is 82.2 cm³/mol. The number of imidazole rings is 2. The van der Waals surface area contributed by atoms with Crippen molar-refractivity contribution < 1.29 is 4.21 Å². The number of hydrogen-bond donors (Lipinski definition) is 0. The Morgan fingerprint density at radius 2 is 1.95 bits per heavy atom. The van der Waals surface area contributed by atoms with Crippen LogP contribution >= 0.6 is 0 Å². The van der Waals surface area contributed by atoms with Gasteiger partial charge in [-0.25, -0.2) is 18.1 Å². The van der Waals surface area contributed by atoms with E-state index in [0.29, 0.717) is 5.75 Å². The molecule has 104 valence electrons. The summed E-state index contributed by atoms with van der Waals surface area (Å²) in [4.78, 5) is 8.60. The molecule has 0 N–H and O–H groups in total. The molecule has 0 bridgehead atoms. The van der Waals surface area contributed by atoms with Crippen molar-refractivity contribution in [3.63, 3.8) is 0 Å². The fraction of sp³-hybridized carbons (Fsp3) is 0.0667. The Kier molecular flexibility index (Phi) is 2.82. The number of nitrogens with zero attached hydrogens (tertiary/aromatic N) is 4. The van der Waals surface area contributed by atoms with Gasteiger partial charge in [0.15, 0.2) is 0 Å². The first-order chi connectivity index (χ1) is 10.3. The van der Waals surface area contributed by atoms with Crippen LogP contribution in [0.15, 0.2) is 61.3 Å². The zero-order valence-corrected chi connectivity index (χ0v) is 11.9. The molecule has 1 unspecified atom stereocenters. The summed E-state index contributed by atoms with van der Waals surface area (Å²) in [7, 11) is -1.22. The summed E-state index contributed by atoms with van der Waals surface area (Å²) in [6.45, 7) is 0. The molecule has 0 saturated heterocycles. The highest BCUT2D eigenvalue weighted by molar-refractivity contribution is 7.82. The van der Waals surface area contributed by atoms with Crippen molar-refractivity contribution in [2.75, 3.05) is 0 Å². The molecule has 1 aromatic carbocycles. The van der Waals surface area contributed by atoms with Gasteiger partial charge in [-0.15, -0.1) is 0 Å². The van der Waals surface area contributed by atoms with Crippen molar-refractivity contribution in [3.05, 3.63) is 66.9 Å². The zero-order valence-electron chi connectivity index (χ0n) is 11.1. The van der Waals surface area contributed by atoms with Crippen molar-refractivity contribution in [1.29, 1.82) is 0 Å². The highest BCUT2D eigenvalue weighted by Gasteiger charge is 2.11. The fourth-order valence-electron chi connectivity index (χ4n) is 2.42. The highest BCUT2D eigenvalue weighted by Crippen LogP contribution is 2.16. The minimum Gasteiger partial charge on any atom is -0.307 e. The van der Waals surface area contributed by atoms with Gasteiger partial charge in [0.05, 0.1) is 16.8 Å². The van der Waals surface area contributed by atoms with E-state index in [1.807, 2.05) is 53.2 Å². The lowest BCUT2D eigenvalue weighted by Gasteiger charge is -2.05. The smallest absolute Gasteiger partial charge is 0.140 e. The lowest BCUT2D eigenvalue weighted by molar-refractivity contribution is 0.677. The monoisotopic (exact) mass is 296 g/mol. The fourth-order valence-corrected chi connectivity index (χ4v) is 3.58. The van der Waals surface area contributed by atoms with Crippen molar-refractivity contribution in [3.8, 4) is 0 Å². The number of pyridine rings is 1. The van der Waals surface area contributed by atoms with Crippen LogP contribution in [-0.4, -0.2) is 22.5 Å². The van der Waals surface area contributed by atoms with Gasteiger partial charge >= 0.3 is 0 Å². The molecule has 1 atom stereocenters. The third-order valence-electron chi connectivity index (χ3n) is 3.42. The maximum atomic E-state index is 12.7. The number of benzene rings is 1. The molecule has 0 fully saturated rings. The number of para-hydroxylation sites is 2. The Balaban J connectivity index is 1.74. The highest BCUT2D eigenvalue weighted by atomic mass is 32.2. The first kappa shape index (κ1) is 12.3. The second-order valence-corrected chi connectivity index (χ2v) is 6.04. The normalized spacial score (nSPS) is 13.0. The third kappa shape index (κ3) is 2.04. The summed E-state index contributed by atoms with van der Waals surface area (Å²) < 4.78 is 16.3. The van der Waals surface area contributed by atoms with Crippen LogP contribution in [0.3, 0.4) is 0 Å². The zero-order chi connectivity index (χ0) is 14.2. The summed E-state index contributed by atoms with van der Waals surface area (Å²) in [5.74, 6) is 0.404. The first-order valence-electron chi connectivity index (χ1n) is 6.54. The van der Waals surface area contributed by atoms with Crippen LogP contribution in [0, 0.1) is 0 Å². The molecule has 4 rings (SSSR count). The molecule has 21 heavy (non-hydrogen) atoms. The maximum Gasteiger partial charge on any atom is 0.140 e. The second-order valence-electron chi connectivity index (χ2n) is 4.72. The molecule has 4 aromatic rings. The average Bonchev–Trinajstić information content (AvgIpc) is 3.14. The topological polar surface area (TPSA) is 52.2 Å². The standard InChI is InChI=1S/C15H12N4OS/c20-21(19-11-17-13-5-1-2-6-14(13)19)10-12-4-3-8-18-9-7-16-15(12)18/h1-9,11H,10H2. The molecule has 0 spiro atoms. The minimum atomic E-state index is -1.22. The number of hydrogen-bond acceptors (Lipinski definition) is 3. The number of fused-ring (bicyclic) bond motifs is 2. The Morgan fingerprint density at radius 1 is 1.05 bits per heavy atom. The van der Waals surface area contributed by atoms with E-state index in [1.165, 1.54) is 0 Å². The van der Waals surface area contributed by atoms with Crippen molar-refractivity contribution in [2.45, 2.75) is 5.75 Å². The van der Waals surface area contributed by atoms with Gasteiger partial charge in [-0.2, -0.15) is 0 Å². The molecule has 0 amide bonds. The molecule has 0 radical (unpaired) electrons. The van der Waals surface area contributed by atoms with E-state index in [-0.39, 0.29) is 0 Å². The van der Waals surface area contributed by atoms with Crippen molar-refractivity contribution in [1.82, 2.24) is 18.3 Å². The van der Waals surface area contributed by atoms with Gasteiger partial charge < -0.3 is 4.40 Å². The van der Waals surface area contributed by atoms with E-state index >= 15 is 0 Å². The molecule has 0 aliphatic rings. The van der Waals surface area contributed by atoms with Crippen molar-refractivity contribution in [2.24, 2.45) is 0 Å².